The van der Waals surface area contributed by atoms with Crippen LogP contribution in [0.5, 0.6) is 0 Å². The summed E-state index contributed by atoms with van der Waals surface area (Å²) in [6, 6.07) is 8.87. The number of anilines is 1. The summed E-state index contributed by atoms with van der Waals surface area (Å²) in [5.41, 5.74) is 6.48. The van der Waals surface area contributed by atoms with Crippen molar-refractivity contribution in [2.75, 3.05) is 31.1 Å². The lowest BCUT2D eigenvalue weighted by atomic mass is 10.1. The molecule has 2 aliphatic heterocycles. The number of hydrazine groups is 1. The van der Waals surface area contributed by atoms with Crippen LogP contribution in [0.4, 0.5) is 5.69 Å². The third kappa shape index (κ3) is 3.28. The van der Waals surface area contributed by atoms with Gasteiger partial charge in [0.25, 0.3) is 0 Å². The van der Waals surface area contributed by atoms with Gasteiger partial charge in [0.15, 0.2) is 0 Å². The van der Waals surface area contributed by atoms with Crippen molar-refractivity contribution in [1.29, 1.82) is 0 Å². The molecule has 0 radical (unpaired) electrons. The third-order valence-corrected chi connectivity index (χ3v) is 4.29. The summed E-state index contributed by atoms with van der Waals surface area (Å²) in [5, 5.41) is 2.39. The second-order valence-corrected chi connectivity index (χ2v) is 5.71. The zero-order valence-electron chi connectivity index (χ0n) is 11.8. The first-order valence-electron chi connectivity index (χ1n) is 7.75. The highest BCUT2D eigenvalue weighted by Gasteiger charge is 2.16. The average Bonchev–Trinajstić information content (AvgIpc) is 3.01. The van der Waals surface area contributed by atoms with Crippen molar-refractivity contribution in [2.24, 2.45) is 0 Å². The summed E-state index contributed by atoms with van der Waals surface area (Å²) >= 11 is 0. The SMILES string of the molecule is c1ccc(N2CCCC2)c(CNN2CCCCC2)c1. The number of hydrogen-bond donors (Lipinski definition) is 1. The number of para-hydroxylation sites is 1. The van der Waals surface area contributed by atoms with Gasteiger partial charge in [-0.15, -0.1) is 0 Å². The van der Waals surface area contributed by atoms with Gasteiger partial charge < -0.3 is 4.90 Å². The quantitative estimate of drug-likeness (QED) is 0.897. The Morgan fingerprint density at radius 1 is 0.842 bits per heavy atom. The van der Waals surface area contributed by atoms with E-state index >= 15 is 0 Å². The second kappa shape index (κ2) is 6.40. The maximum Gasteiger partial charge on any atom is 0.0412 e. The molecule has 2 saturated heterocycles. The summed E-state index contributed by atoms with van der Waals surface area (Å²) < 4.78 is 0. The molecule has 3 heteroatoms. The normalized spacial score (nSPS) is 20.9. The first-order valence-corrected chi connectivity index (χ1v) is 7.75. The van der Waals surface area contributed by atoms with Gasteiger partial charge in [-0.3, -0.25) is 5.43 Å². The molecule has 0 unspecified atom stereocenters. The standard InChI is InChI=1S/C16H25N3/c1-4-12-19(13-5-1)17-14-15-8-2-3-9-16(15)18-10-6-7-11-18/h2-3,8-9,17H,1,4-7,10-14H2. The van der Waals surface area contributed by atoms with E-state index in [9.17, 15) is 0 Å². The minimum absolute atomic E-state index is 0.965. The lowest BCUT2D eigenvalue weighted by Gasteiger charge is -2.28. The van der Waals surface area contributed by atoms with E-state index in [4.69, 9.17) is 0 Å². The fourth-order valence-corrected chi connectivity index (χ4v) is 3.18. The predicted molar refractivity (Wildman–Crippen MR) is 80.2 cm³/mol. The Balaban J connectivity index is 1.62. The van der Waals surface area contributed by atoms with Gasteiger partial charge in [-0.2, -0.15) is 0 Å². The van der Waals surface area contributed by atoms with Crippen LogP contribution in [0, 0.1) is 0 Å². The van der Waals surface area contributed by atoms with E-state index < -0.39 is 0 Å². The van der Waals surface area contributed by atoms with Crippen LogP contribution in [0.25, 0.3) is 0 Å². The minimum Gasteiger partial charge on any atom is -0.371 e. The summed E-state index contributed by atoms with van der Waals surface area (Å²) in [7, 11) is 0. The smallest absolute Gasteiger partial charge is 0.0412 e. The second-order valence-electron chi connectivity index (χ2n) is 5.71. The molecule has 104 valence electrons. The number of hydrogen-bond acceptors (Lipinski definition) is 3. The Hall–Kier alpha value is -1.06. The zero-order valence-corrected chi connectivity index (χ0v) is 11.8. The fraction of sp³-hybridized carbons (Fsp3) is 0.625. The van der Waals surface area contributed by atoms with Crippen molar-refractivity contribution in [3.05, 3.63) is 29.8 Å². The molecular formula is C16H25N3. The van der Waals surface area contributed by atoms with E-state index in [0.717, 1.165) is 6.54 Å². The minimum atomic E-state index is 0.965. The fourth-order valence-electron chi connectivity index (χ4n) is 3.18. The van der Waals surface area contributed by atoms with Crippen LogP contribution in [0.2, 0.25) is 0 Å². The first-order chi connectivity index (χ1) is 9.43. The van der Waals surface area contributed by atoms with E-state index in [1.54, 1.807) is 0 Å². The molecule has 0 aliphatic carbocycles. The third-order valence-electron chi connectivity index (χ3n) is 4.29. The van der Waals surface area contributed by atoms with Crippen molar-refractivity contribution >= 4 is 5.69 Å². The van der Waals surface area contributed by atoms with Gasteiger partial charge in [0.05, 0.1) is 0 Å². The molecule has 2 aliphatic rings. The van der Waals surface area contributed by atoms with Gasteiger partial charge in [-0.05, 0) is 37.3 Å². The maximum absolute atomic E-state index is 3.61. The Morgan fingerprint density at radius 3 is 2.32 bits per heavy atom. The molecule has 3 nitrogen and oxygen atoms in total. The molecule has 0 bridgehead atoms. The molecule has 0 saturated carbocycles. The molecule has 0 aromatic heterocycles. The molecule has 1 aromatic rings. The first kappa shape index (κ1) is 12.9. The molecule has 2 fully saturated rings. The van der Waals surface area contributed by atoms with Gasteiger partial charge in [0.1, 0.15) is 0 Å². The molecule has 19 heavy (non-hydrogen) atoms. The summed E-state index contributed by atoms with van der Waals surface area (Å²) in [5.74, 6) is 0. The highest BCUT2D eigenvalue weighted by atomic mass is 15.5. The van der Waals surface area contributed by atoms with Crippen LogP contribution in [0.3, 0.4) is 0 Å². The Bertz CT molecular complexity index is 393. The summed E-state index contributed by atoms with van der Waals surface area (Å²) in [6.07, 6.45) is 6.74. The average molecular weight is 259 g/mol. The van der Waals surface area contributed by atoms with Gasteiger partial charge in [-0.25, -0.2) is 5.01 Å². The van der Waals surface area contributed by atoms with E-state index in [-0.39, 0.29) is 0 Å². The van der Waals surface area contributed by atoms with Crippen LogP contribution in [0.1, 0.15) is 37.7 Å². The number of piperidine rings is 1. The lowest BCUT2D eigenvalue weighted by Crippen LogP contribution is -2.41. The van der Waals surface area contributed by atoms with E-state index in [1.165, 1.54) is 69.5 Å². The van der Waals surface area contributed by atoms with E-state index in [0.29, 0.717) is 0 Å². The molecule has 1 aromatic carbocycles. The molecule has 1 N–H and O–H groups in total. The van der Waals surface area contributed by atoms with Gasteiger partial charge >= 0.3 is 0 Å². The van der Waals surface area contributed by atoms with Crippen LogP contribution in [-0.2, 0) is 6.54 Å². The predicted octanol–water partition coefficient (Wildman–Crippen LogP) is 2.78. The number of nitrogens with one attached hydrogen (secondary N) is 1. The maximum atomic E-state index is 3.61. The highest BCUT2D eigenvalue weighted by Crippen LogP contribution is 2.24. The molecular weight excluding hydrogens is 234 g/mol. The van der Waals surface area contributed by atoms with E-state index in [1.807, 2.05) is 0 Å². The van der Waals surface area contributed by atoms with Crippen LogP contribution >= 0.6 is 0 Å². The monoisotopic (exact) mass is 259 g/mol. The molecule has 0 spiro atoms. The van der Waals surface area contributed by atoms with Gasteiger partial charge in [-0.1, -0.05) is 24.6 Å². The topological polar surface area (TPSA) is 18.5 Å². The number of rotatable bonds is 4. The molecule has 0 amide bonds. The Morgan fingerprint density at radius 2 is 1.53 bits per heavy atom. The van der Waals surface area contributed by atoms with Crippen LogP contribution in [0.15, 0.2) is 24.3 Å². The summed E-state index contributed by atoms with van der Waals surface area (Å²) in [6.45, 7) is 5.81. The zero-order chi connectivity index (χ0) is 12.9. The number of benzene rings is 1. The van der Waals surface area contributed by atoms with Crippen molar-refractivity contribution in [1.82, 2.24) is 10.4 Å². The van der Waals surface area contributed by atoms with Crippen molar-refractivity contribution in [2.45, 2.75) is 38.6 Å². The number of nitrogens with zero attached hydrogens (tertiary/aromatic N) is 2. The van der Waals surface area contributed by atoms with Crippen molar-refractivity contribution < 1.29 is 0 Å². The van der Waals surface area contributed by atoms with Crippen molar-refractivity contribution in [3.8, 4) is 0 Å². The highest BCUT2D eigenvalue weighted by molar-refractivity contribution is 5.54. The largest absolute Gasteiger partial charge is 0.371 e. The van der Waals surface area contributed by atoms with Gasteiger partial charge in [0, 0.05) is 38.4 Å². The molecule has 2 heterocycles. The molecule has 3 rings (SSSR count). The molecule has 0 atom stereocenters. The lowest BCUT2D eigenvalue weighted by molar-refractivity contribution is 0.151. The van der Waals surface area contributed by atoms with Crippen LogP contribution in [-0.4, -0.2) is 31.2 Å². The Kier molecular flexibility index (Phi) is 4.36. The van der Waals surface area contributed by atoms with Crippen molar-refractivity contribution in [3.63, 3.8) is 0 Å². The van der Waals surface area contributed by atoms with E-state index in [2.05, 4.69) is 39.6 Å². The van der Waals surface area contributed by atoms with Gasteiger partial charge in [0.2, 0.25) is 0 Å². The summed E-state index contributed by atoms with van der Waals surface area (Å²) in [4.78, 5) is 2.53. The van der Waals surface area contributed by atoms with Crippen LogP contribution < -0.4 is 10.3 Å². The Labute approximate surface area is 116 Å².